The molecule has 1 saturated heterocycles. The van der Waals surface area contributed by atoms with E-state index in [1.807, 2.05) is 18.2 Å². The van der Waals surface area contributed by atoms with Crippen LogP contribution in [0.1, 0.15) is 26.7 Å². The fraction of sp³-hybridized carbons (Fsp3) is 0.632. The summed E-state index contributed by atoms with van der Waals surface area (Å²) in [6, 6.07) is 10.2. The van der Waals surface area contributed by atoms with E-state index in [4.69, 9.17) is 4.74 Å². The molecular formula is C19H30N2O2S. The summed E-state index contributed by atoms with van der Waals surface area (Å²) in [5.41, 5.74) is 0.0641. The van der Waals surface area contributed by atoms with Gasteiger partial charge in [0, 0.05) is 24.0 Å². The zero-order valence-electron chi connectivity index (χ0n) is 15.0. The Kier molecular flexibility index (Phi) is 7.59. The van der Waals surface area contributed by atoms with Crippen LogP contribution in [-0.4, -0.2) is 44.5 Å². The highest BCUT2D eigenvalue weighted by Gasteiger charge is 2.33. The van der Waals surface area contributed by atoms with Crippen molar-refractivity contribution in [3.05, 3.63) is 30.3 Å². The van der Waals surface area contributed by atoms with Gasteiger partial charge in [-0.25, -0.2) is 0 Å². The van der Waals surface area contributed by atoms with Gasteiger partial charge in [0.1, 0.15) is 0 Å². The lowest BCUT2D eigenvalue weighted by molar-refractivity contribution is -0.122. The number of amides is 1. The summed E-state index contributed by atoms with van der Waals surface area (Å²) >= 11 is 1.65. The van der Waals surface area contributed by atoms with Crippen LogP contribution in [0.5, 0.6) is 0 Å². The summed E-state index contributed by atoms with van der Waals surface area (Å²) in [5, 5.41) is 6.52. The Morgan fingerprint density at radius 3 is 2.54 bits per heavy atom. The molecule has 1 amide bonds. The van der Waals surface area contributed by atoms with Crippen LogP contribution in [0.2, 0.25) is 0 Å². The van der Waals surface area contributed by atoms with Gasteiger partial charge in [0.05, 0.1) is 11.9 Å². The van der Waals surface area contributed by atoms with E-state index in [1.165, 1.54) is 0 Å². The van der Waals surface area contributed by atoms with Gasteiger partial charge in [-0.05, 0) is 44.0 Å². The van der Waals surface area contributed by atoms with E-state index in [0.717, 1.165) is 30.8 Å². The molecule has 5 heteroatoms. The summed E-state index contributed by atoms with van der Waals surface area (Å²) in [6.07, 6.45) is 2.08. The molecule has 1 aliphatic heterocycles. The second kappa shape index (κ2) is 9.44. The van der Waals surface area contributed by atoms with Crippen molar-refractivity contribution < 1.29 is 9.53 Å². The van der Waals surface area contributed by atoms with E-state index in [1.54, 1.807) is 18.9 Å². The van der Waals surface area contributed by atoms with Crippen LogP contribution in [0.4, 0.5) is 0 Å². The normalized spacial score (nSPS) is 18.3. The highest BCUT2D eigenvalue weighted by molar-refractivity contribution is 8.00. The minimum atomic E-state index is -0.0753. The molecule has 1 unspecified atom stereocenters. The van der Waals surface area contributed by atoms with Gasteiger partial charge in [0.15, 0.2) is 0 Å². The lowest BCUT2D eigenvalue weighted by atomic mass is 9.79. The minimum Gasteiger partial charge on any atom is -0.384 e. The molecule has 2 N–H and O–H groups in total. The minimum absolute atomic E-state index is 0.0641. The maximum atomic E-state index is 12.8. The van der Waals surface area contributed by atoms with Crippen LogP contribution >= 0.6 is 11.8 Å². The van der Waals surface area contributed by atoms with Gasteiger partial charge in [-0.1, -0.05) is 32.0 Å². The third kappa shape index (κ3) is 5.50. The molecule has 2 rings (SSSR count). The van der Waals surface area contributed by atoms with Crippen molar-refractivity contribution in [2.45, 2.75) is 36.8 Å². The molecular weight excluding hydrogens is 320 g/mol. The zero-order valence-corrected chi connectivity index (χ0v) is 15.8. The van der Waals surface area contributed by atoms with E-state index in [0.29, 0.717) is 13.2 Å². The number of methoxy groups -OCH3 is 1. The standard InChI is InChI=1S/C19H30N2O2S/c1-15(2)17(24-16-7-5-4-6-8-16)18(22)21-13-19(14-23-3)9-11-20-12-10-19/h4-8,15,17,20H,9-14H2,1-3H3,(H,21,22). The maximum Gasteiger partial charge on any atom is 0.233 e. The molecule has 24 heavy (non-hydrogen) atoms. The van der Waals surface area contributed by atoms with E-state index < -0.39 is 0 Å². The molecule has 0 saturated carbocycles. The molecule has 0 aromatic heterocycles. The number of carbonyl (C=O) groups excluding carboxylic acids is 1. The Morgan fingerprint density at radius 1 is 1.29 bits per heavy atom. The summed E-state index contributed by atoms with van der Waals surface area (Å²) in [5.74, 6) is 0.412. The first kappa shape index (κ1) is 19.3. The molecule has 0 spiro atoms. The zero-order chi connectivity index (χ0) is 17.4. The van der Waals surface area contributed by atoms with Gasteiger partial charge < -0.3 is 15.4 Å². The Morgan fingerprint density at radius 2 is 1.96 bits per heavy atom. The number of carbonyl (C=O) groups is 1. The van der Waals surface area contributed by atoms with Crippen LogP contribution in [0.3, 0.4) is 0 Å². The molecule has 1 heterocycles. The van der Waals surface area contributed by atoms with Gasteiger partial charge in [-0.15, -0.1) is 11.8 Å². The number of hydrogen-bond donors (Lipinski definition) is 2. The van der Waals surface area contributed by atoms with Crippen LogP contribution in [-0.2, 0) is 9.53 Å². The van der Waals surface area contributed by atoms with Crippen molar-refractivity contribution in [3.63, 3.8) is 0 Å². The number of nitrogens with one attached hydrogen (secondary N) is 2. The topological polar surface area (TPSA) is 50.4 Å². The molecule has 0 bridgehead atoms. The predicted molar refractivity (Wildman–Crippen MR) is 100 cm³/mol. The predicted octanol–water partition coefficient (Wildman–Crippen LogP) is 2.94. The second-order valence-corrected chi connectivity index (χ2v) is 8.21. The Labute approximate surface area is 150 Å². The van der Waals surface area contributed by atoms with Crippen LogP contribution in [0.25, 0.3) is 0 Å². The summed E-state index contributed by atoms with van der Waals surface area (Å²) in [4.78, 5) is 13.9. The second-order valence-electron chi connectivity index (χ2n) is 7.00. The molecule has 4 nitrogen and oxygen atoms in total. The molecule has 0 radical (unpaired) electrons. The molecule has 0 aliphatic carbocycles. The third-order valence-corrected chi connectivity index (χ3v) is 6.18. The van der Waals surface area contributed by atoms with Crippen molar-refractivity contribution >= 4 is 17.7 Å². The average molecular weight is 351 g/mol. The number of benzene rings is 1. The Hall–Kier alpha value is -1.04. The highest BCUT2D eigenvalue weighted by atomic mass is 32.2. The van der Waals surface area contributed by atoms with Crippen molar-refractivity contribution in [2.75, 3.05) is 33.4 Å². The fourth-order valence-corrected chi connectivity index (χ4v) is 4.22. The number of ether oxygens (including phenoxy) is 1. The smallest absolute Gasteiger partial charge is 0.233 e. The van der Waals surface area contributed by atoms with Gasteiger partial charge in [0.2, 0.25) is 5.91 Å². The van der Waals surface area contributed by atoms with Crippen LogP contribution in [0.15, 0.2) is 35.2 Å². The first-order valence-electron chi connectivity index (χ1n) is 8.75. The van der Waals surface area contributed by atoms with Gasteiger partial charge in [-0.2, -0.15) is 0 Å². The average Bonchev–Trinajstić information content (AvgIpc) is 2.59. The van der Waals surface area contributed by atoms with E-state index in [2.05, 4.69) is 36.6 Å². The Bertz CT molecular complexity index is 496. The lowest BCUT2D eigenvalue weighted by Crippen LogP contribution is -2.49. The molecule has 1 fully saturated rings. The lowest BCUT2D eigenvalue weighted by Gasteiger charge is -2.37. The SMILES string of the molecule is COCC1(CNC(=O)C(Sc2ccccc2)C(C)C)CCNCC1. The van der Waals surface area contributed by atoms with E-state index >= 15 is 0 Å². The maximum absolute atomic E-state index is 12.8. The monoisotopic (exact) mass is 350 g/mol. The molecule has 1 aliphatic rings. The van der Waals surface area contributed by atoms with Crippen molar-refractivity contribution in [1.29, 1.82) is 0 Å². The summed E-state index contributed by atoms with van der Waals surface area (Å²) < 4.78 is 5.44. The number of piperidine rings is 1. The van der Waals surface area contributed by atoms with Gasteiger partial charge in [0.25, 0.3) is 0 Å². The van der Waals surface area contributed by atoms with E-state index in [9.17, 15) is 4.79 Å². The number of hydrogen-bond acceptors (Lipinski definition) is 4. The Balaban J connectivity index is 1.96. The van der Waals surface area contributed by atoms with Crippen molar-refractivity contribution in [3.8, 4) is 0 Å². The number of thioether (sulfide) groups is 1. The fourth-order valence-electron chi connectivity index (χ4n) is 3.15. The molecule has 1 atom stereocenters. The van der Waals surface area contributed by atoms with Gasteiger partial charge in [-0.3, -0.25) is 4.79 Å². The summed E-state index contributed by atoms with van der Waals surface area (Å²) in [7, 11) is 1.74. The first-order chi connectivity index (χ1) is 11.6. The third-order valence-electron chi connectivity index (χ3n) is 4.62. The summed E-state index contributed by atoms with van der Waals surface area (Å²) in [6.45, 7) is 7.59. The quantitative estimate of drug-likeness (QED) is 0.708. The van der Waals surface area contributed by atoms with Crippen LogP contribution < -0.4 is 10.6 Å². The van der Waals surface area contributed by atoms with Crippen molar-refractivity contribution in [2.24, 2.45) is 11.3 Å². The largest absolute Gasteiger partial charge is 0.384 e. The van der Waals surface area contributed by atoms with Gasteiger partial charge >= 0.3 is 0 Å². The van der Waals surface area contributed by atoms with Crippen molar-refractivity contribution in [1.82, 2.24) is 10.6 Å². The van der Waals surface area contributed by atoms with Crippen LogP contribution in [0, 0.1) is 11.3 Å². The number of rotatable bonds is 8. The molecule has 1 aromatic rings. The first-order valence-corrected chi connectivity index (χ1v) is 9.63. The molecule has 134 valence electrons. The van der Waals surface area contributed by atoms with E-state index in [-0.39, 0.29) is 22.5 Å². The highest BCUT2D eigenvalue weighted by Crippen LogP contribution is 2.30. The molecule has 1 aromatic carbocycles.